The van der Waals surface area contributed by atoms with Crippen molar-refractivity contribution in [1.29, 1.82) is 0 Å². The number of hydrogen-bond acceptors (Lipinski definition) is 6. The summed E-state index contributed by atoms with van der Waals surface area (Å²) in [6.07, 6.45) is -4.97. The number of halogens is 4. The molecule has 1 saturated heterocycles. The highest BCUT2D eigenvalue weighted by Gasteiger charge is 2.49. The first-order valence-corrected chi connectivity index (χ1v) is 17.2. The minimum atomic E-state index is -4.79. The van der Waals surface area contributed by atoms with E-state index in [1.807, 2.05) is 0 Å². The molecular weight excluding hydrogens is 685 g/mol. The Kier molecular flexibility index (Phi) is 8.23. The van der Waals surface area contributed by atoms with Crippen LogP contribution in [0.2, 0.25) is 0 Å². The smallest absolute Gasteiger partial charge is 0.341 e. The molecule has 1 aliphatic rings. The highest BCUT2D eigenvalue weighted by molar-refractivity contribution is 9.10. The lowest BCUT2D eigenvalue weighted by Gasteiger charge is -2.30. The molecular formula is C29H28BrF3N4O5S2. The van der Waals surface area contributed by atoms with Crippen LogP contribution in [-0.2, 0) is 37.4 Å². The number of carbonyl (C=O) groups is 1. The van der Waals surface area contributed by atoms with E-state index in [2.05, 4.69) is 30.6 Å². The second-order valence-electron chi connectivity index (χ2n) is 11.5. The second-order valence-corrected chi connectivity index (χ2v) is 16.0. The molecule has 2 N–H and O–H groups in total. The summed E-state index contributed by atoms with van der Waals surface area (Å²) in [6, 6.07) is 15.0. The predicted octanol–water partition coefficient (Wildman–Crippen LogP) is 6.01. The number of sulfonamides is 2. The molecule has 0 bridgehead atoms. The van der Waals surface area contributed by atoms with Crippen LogP contribution < -0.4 is 4.72 Å². The molecule has 1 aliphatic heterocycles. The van der Waals surface area contributed by atoms with E-state index >= 15 is 0 Å². The van der Waals surface area contributed by atoms with E-state index in [9.17, 15) is 34.8 Å². The summed E-state index contributed by atoms with van der Waals surface area (Å²) in [5, 5.41) is -1.06. The van der Waals surface area contributed by atoms with E-state index in [0.29, 0.717) is 28.2 Å². The van der Waals surface area contributed by atoms with Gasteiger partial charge >= 0.3 is 6.18 Å². The van der Waals surface area contributed by atoms with Gasteiger partial charge in [0.25, 0.3) is 0 Å². The Bertz CT molecular complexity index is 1920. The minimum absolute atomic E-state index is 0.0203. The summed E-state index contributed by atoms with van der Waals surface area (Å²) in [6.45, 7) is 4.93. The number of alkyl halides is 3. The fraction of sp³-hybridized carbons (Fsp3) is 0.310. The molecule has 2 atom stereocenters. The van der Waals surface area contributed by atoms with Crippen LogP contribution in [0.3, 0.4) is 0 Å². The van der Waals surface area contributed by atoms with Crippen LogP contribution in [0.1, 0.15) is 61.0 Å². The number of fused-ring (bicyclic) bond motifs is 1. The molecule has 234 valence electrons. The summed E-state index contributed by atoms with van der Waals surface area (Å²) in [7, 11) is -8.44. The number of aromatic nitrogens is 2. The lowest BCUT2D eigenvalue weighted by atomic mass is 10.0. The maximum atomic E-state index is 13.5. The molecule has 3 aromatic carbocycles. The molecule has 4 aromatic rings. The van der Waals surface area contributed by atoms with Crippen molar-refractivity contribution in [2.24, 2.45) is 0 Å². The van der Waals surface area contributed by atoms with Crippen LogP contribution in [0, 0.1) is 0 Å². The maximum Gasteiger partial charge on any atom is 0.417 e. The van der Waals surface area contributed by atoms with E-state index in [1.54, 1.807) is 69.3 Å². The molecule has 0 radical (unpaired) electrons. The van der Waals surface area contributed by atoms with Crippen molar-refractivity contribution in [3.8, 4) is 0 Å². The van der Waals surface area contributed by atoms with Gasteiger partial charge in [-0.15, -0.1) is 0 Å². The van der Waals surface area contributed by atoms with E-state index < -0.39 is 59.4 Å². The molecule has 1 unspecified atom stereocenters. The number of para-hydroxylation sites is 2. The third kappa shape index (κ3) is 6.28. The highest BCUT2D eigenvalue weighted by atomic mass is 79.9. The predicted molar refractivity (Wildman–Crippen MR) is 161 cm³/mol. The third-order valence-electron chi connectivity index (χ3n) is 7.19. The van der Waals surface area contributed by atoms with Crippen LogP contribution in [0.15, 0.2) is 76.1 Å². The van der Waals surface area contributed by atoms with Crippen molar-refractivity contribution in [2.45, 2.75) is 61.5 Å². The SMILES string of the molecule is CC(C)(C)N1C(=O)CC(c2ccc(C[C@H](NS(=O)(=O)c3ccc(Br)c(C(F)(F)F)c3)c3nc4ccccc4[nH]3)cc2)S1(=O)=O. The molecule has 1 aromatic heterocycles. The largest absolute Gasteiger partial charge is 0.417 e. The molecule has 0 aliphatic carbocycles. The lowest BCUT2D eigenvalue weighted by Crippen LogP contribution is -2.45. The van der Waals surface area contributed by atoms with Gasteiger partial charge in [0.05, 0.1) is 39.5 Å². The summed E-state index contributed by atoms with van der Waals surface area (Å²) in [4.78, 5) is 19.6. The molecule has 5 rings (SSSR count). The molecule has 15 heteroatoms. The second kappa shape index (κ2) is 11.3. The number of aromatic amines is 1. The minimum Gasteiger partial charge on any atom is -0.341 e. The Balaban J connectivity index is 1.47. The lowest BCUT2D eigenvalue weighted by molar-refractivity contribution is -0.138. The first-order valence-electron chi connectivity index (χ1n) is 13.4. The topological polar surface area (TPSA) is 129 Å². The van der Waals surface area contributed by atoms with Crippen LogP contribution in [0.5, 0.6) is 0 Å². The maximum absolute atomic E-state index is 13.5. The van der Waals surface area contributed by atoms with Gasteiger partial charge in [-0.3, -0.25) is 4.79 Å². The van der Waals surface area contributed by atoms with Crippen LogP contribution in [0.25, 0.3) is 11.0 Å². The molecule has 1 amide bonds. The van der Waals surface area contributed by atoms with Crippen molar-refractivity contribution in [3.63, 3.8) is 0 Å². The van der Waals surface area contributed by atoms with Gasteiger partial charge in [0.15, 0.2) is 0 Å². The van der Waals surface area contributed by atoms with Gasteiger partial charge in [-0.2, -0.15) is 13.2 Å². The van der Waals surface area contributed by atoms with Gasteiger partial charge in [0.2, 0.25) is 26.0 Å². The number of hydrogen-bond donors (Lipinski definition) is 2. The number of H-pyrrole nitrogens is 1. The van der Waals surface area contributed by atoms with Gasteiger partial charge in [-0.05, 0) is 68.7 Å². The first-order chi connectivity index (χ1) is 20.4. The Morgan fingerprint density at radius 2 is 1.73 bits per heavy atom. The van der Waals surface area contributed by atoms with Gasteiger partial charge in [-0.25, -0.2) is 30.8 Å². The fourth-order valence-electron chi connectivity index (χ4n) is 5.24. The van der Waals surface area contributed by atoms with Gasteiger partial charge in [0, 0.05) is 4.47 Å². The summed E-state index contributed by atoms with van der Waals surface area (Å²) in [5.41, 5.74) is 0.125. The van der Waals surface area contributed by atoms with E-state index in [-0.39, 0.29) is 23.1 Å². The fourth-order valence-corrected chi connectivity index (χ4v) is 9.17. The Labute approximate surface area is 261 Å². The average molecular weight is 714 g/mol. The van der Waals surface area contributed by atoms with Crippen molar-refractivity contribution in [3.05, 3.63) is 93.7 Å². The van der Waals surface area contributed by atoms with Gasteiger partial charge in [0.1, 0.15) is 11.1 Å². The van der Waals surface area contributed by atoms with Gasteiger partial charge < -0.3 is 4.98 Å². The number of nitrogens with one attached hydrogen (secondary N) is 2. The zero-order chi connectivity index (χ0) is 32.2. The first kappa shape index (κ1) is 32.1. The Morgan fingerprint density at radius 3 is 2.32 bits per heavy atom. The van der Waals surface area contributed by atoms with Crippen molar-refractivity contribution >= 4 is 52.9 Å². The Hall–Kier alpha value is -3.27. The van der Waals surface area contributed by atoms with E-state index in [1.165, 1.54) is 0 Å². The quantitative estimate of drug-likeness (QED) is 0.242. The van der Waals surface area contributed by atoms with Crippen LogP contribution in [0.4, 0.5) is 13.2 Å². The standard InChI is InChI=1S/C29H28BrF3N4O5S2/c1-28(2,3)37-26(38)16-25(44(37,41)42)18-10-8-17(9-11-18)14-24(27-34-22-6-4-5-7-23(22)35-27)36-43(39,40)19-12-13-21(30)20(15-19)29(31,32)33/h4-13,15,24-25,36H,14,16H2,1-3H3,(H,34,35)/t24-,25?/m0/s1. The number of imidazole rings is 1. The van der Waals surface area contributed by atoms with Crippen LogP contribution in [-0.4, -0.2) is 42.6 Å². The third-order valence-corrected chi connectivity index (χ3v) is 11.8. The van der Waals surface area contributed by atoms with Gasteiger partial charge in [-0.1, -0.05) is 52.3 Å². The molecule has 44 heavy (non-hydrogen) atoms. The highest BCUT2D eigenvalue weighted by Crippen LogP contribution is 2.40. The van der Waals surface area contributed by atoms with Crippen molar-refractivity contribution < 1.29 is 34.8 Å². The summed E-state index contributed by atoms with van der Waals surface area (Å²) in [5.74, 6) is -0.260. The molecule has 0 saturated carbocycles. The number of carbonyl (C=O) groups excluding carboxylic acids is 1. The summed E-state index contributed by atoms with van der Waals surface area (Å²) < 4.78 is 97.0. The average Bonchev–Trinajstić information content (AvgIpc) is 3.45. The number of rotatable bonds is 7. The zero-order valence-electron chi connectivity index (χ0n) is 23.7. The van der Waals surface area contributed by atoms with Crippen LogP contribution >= 0.6 is 15.9 Å². The number of nitrogens with zero attached hydrogens (tertiary/aromatic N) is 2. The normalized spacial score (nSPS) is 18.2. The summed E-state index contributed by atoms with van der Waals surface area (Å²) >= 11 is 2.83. The van der Waals surface area contributed by atoms with E-state index in [0.717, 1.165) is 16.4 Å². The monoisotopic (exact) mass is 712 g/mol. The molecule has 0 spiro atoms. The Morgan fingerprint density at radius 1 is 1.07 bits per heavy atom. The van der Waals surface area contributed by atoms with Crippen molar-refractivity contribution in [2.75, 3.05) is 0 Å². The molecule has 2 heterocycles. The van der Waals surface area contributed by atoms with E-state index in [4.69, 9.17) is 0 Å². The number of benzene rings is 3. The molecule has 1 fully saturated rings. The zero-order valence-corrected chi connectivity index (χ0v) is 26.9. The number of amides is 1. The van der Waals surface area contributed by atoms with Crippen molar-refractivity contribution in [1.82, 2.24) is 19.0 Å². The molecule has 9 nitrogen and oxygen atoms in total.